The average molecular weight is 425 g/mol. The molecule has 0 aromatic heterocycles. The quantitative estimate of drug-likeness (QED) is 0.248. The zero-order valence-corrected chi connectivity index (χ0v) is 17.1. The lowest BCUT2D eigenvalue weighted by atomic mass is 10.1. The van der Waals surface area contributed by atoms with Crippen molar-refractivity contribution in [3.05, 3.63) is 0 Å². The molecular weight excluding hydrogens is 397 g/mol. The number of carboxylic acid groups (broad SMARTS) is 2. The normalized spacial score (nSPS) is 13.8. The van der Waals surface area contributed by atoms with E-state index in [0.717, 1.165) is 0 Å². The molecule has 0 rings (SSSR count). The van der Waals surface area contributed by atoms with Crippen LogP contribution >= 0.6 is 7.60 Å². The molecule has 0 radical (unpaired) electrons. The maximum absolute atomic E-state index is 13.2. The lowest BCUT2D eigenvalue weighted by Crippen LogP contribution is -2.49. The molecule has 0 aromatic rings. The number of nitrogens with one attached hydrogen (secondary N) is 2. The number of carbonyl (C=O) groups is 4. The molecule has 0 saturated heterocycles. The summed E-state index contributed by atoms with van der Waals surface area (Å²) in [6.07, 6.45) is -1.89. The number of hydrogen-bond acceptors (Lipinski definition) is 8. The molecule has 0 bridgehead atoms. The van der Waals surface area contributed by atoms with Gasteiger partial charge in [-0.25, -0.2) is 0 Å². The third kappa shape index (κ3) is 9.79. The van der Waals surface area contributed by atoms with Gasteiger partial charge >= 0.3 is 19.5 Å². The van der Waals surface area contributed by atoms with Crippen molar-refractivity contribution < 1.29 is 43.0 Å². The Morgan fingerprint density at radius 1 is 1.04 bits per heavy atom. The summed E-state index contributed by atoms with van der Waals surface area (Å²) < 4.78 is 23.8. The molecule has 0 saturated carbocycles. The lowest BCUT2D eigenvalue weighted by Gasteiger charge is -2.29. The van der Waals surface area contributed by atoms with E-state index >= 15 is 0 Å². The van der Waals surface area contributed by atoms with Crippen molar-refractivity contribution in [1.82, 2.24) is 10.6 Å². The van der Waals surface area contributed by atoms with Gasteiger partial charge in [-0.2, -0.15) is 0 Å². The van der Waals surface area contributed by atoms with Gasteiger partial charge in [0.25, 0.3) is 5.91 Å². The number of hydrogen-bond donors (Lipinski definition) is 5. The number of nitrogens with two attached hydrogens (primary N) is 1. The van der Waals surface area contributed by atoms with Crippen molar-refractivity contribution in [2.45, 2.75) is 64.6 Å². The number of carboxylic acids is 2. The molecule has 0 aliphatic carbocycles. The summed E-state index contributed by atoms with van der Waals surface area (Å²) in [6.45, 7) is 5.37. The topological polar surface area (TPSA) is 194 Å². The second kappa shape index (κ2) is 11.7. The summed E-state index contributed by atoms with van der Waals surface area (Å²) in [5.41, 5.74) is 5.33. The molecule has 0 fully saturated rings. The summed E-state index contributed by atoms with van der Waals surface area (Å²) in [6, 6.07) is -1.30. The van der Waals surface area contributed by atoms with E-state index in [1.54, 1.807) is 0 Å². The first-order valence-electron chi connectivity index (χ1n) is 8.52. The Morgan fingerprint density at radius 2 is 1.54 bits per heavy atom. The molecule has 0 aliphatic heterocycles. The monoisotopic (exact) mass is 425 g/mol. The predicted octanol–water partition coefficient (Wildman–Crippen LogP) is -0.135. The molecular formula is C15H28N3O9P. The van der Waals surface area contributed by atoms with Gasteiger partial charge in [0.15, 0.2) is 0 Å². The summed E-state index contributed by atoms with van der Waals surface area (Å²) in [5, 5.41) is 21.7. The van der Waals surface area contributed by atoms with E-state index in [9.17, 15) is 23.7 Å². The number of carbonyl (C=O) groups excluding carboxylic acids is 2. The van der Waals surface area contributed by atoms with Gasteiger partial charge in [-0.1, -0.05) is 0 Å². The van der Waals surface area contributed by atoms with Crippen molar-refractivity contribution in [3.8, 4) is 0 Å². The van der Waals surface area contributed by atoms with E-state index in [0.29, 0.717) is 0 Å². The molecule has 0 spiro atoms. The molecule has 12 nitrogen and oxygen atoms in total. The molecule has 0 unspecified atom stereocenters. The van der Waals surface area contributed by atoms with Crippen molar-refractivity contribution in [2.24, 2.45) is 5.73 Å². The second-order valence-electron chi connectivity index (χ2n) is 6.41. The van der Waals surface area contributed by atoms with Gasteiger partial charge in [-0.15, -0.1) is 0 Å². The van der Waals surface area contributed by atoms with Gasteiger partial charge in [0.2, 0.25) is 11.7 Å². The third-order valence-corrected chi connectivity index (χ3v) is 5.42. The average Bonchev–Trinajstić information content (AvgIpc) is 2.53. The molecule has 13 heteroatoms. The van der Waals surface area contributed by atoms with Crippen LogP contribution in [0.25, 0.3) is 0 Å². The van der Waals surface area contributed by atoms with Crippen molar-refractivity contribution in [2.75, 3.05) is 6.54 Å². The van der Waals surface area contributed by atoms with Crippen LogP contribution in [0.4, 0.5) is 0 Å². The van der Waals surface area contributed by atoms with Crippen LogP contribution in [0.1, 0.15) is 40.5 Å². The SMILES string of the molecule is CC(C)OP(=O)(OC(C)C)[C@H](NC(=O)CC[C@H](N)C(=O)O)C(=O)NCC(=O)O. The zero-order chi connectivity index (χ0) is 22.1. The van der Waals surface area contributed by atoms with Gasteiger partial charge in [0.1, 0.15) is 12.6 Å². The Hall–Kier alpha value is -2.01. The van der Waals surface area contributed by atoms with Gasteiger partial charge in [-0.05, 0) is 34.1 Å². The van der Waals surface area contributed by atoms with E-state index in [-0.39, 0.29) is 12.8 Å². The van der Waals surface area contributed by atoms with Crippen LogP contribution < -0.4 is 16.4 Å². The molecule has 28 heavy (non-hydrogen) atoms. The Morgan fingerprint density at radius 3 is 1.93 bits per heavy atom. The molecule has 6 N–H and O–H groups in total. The molecule has 0 heterocycles. The summed E-state index contributed by atoms with van der Waals surface area (Å²) in [4.78, 5) is 46.0. The van der Waals surface area contributed by atoms with Gasteiger partial charge < -0.3 is 35.6 Å². The predicted molar refractivity (Wildman–Crippen MR) is 97.5 cm³/mol. The van der Waals surface area contributed by atoms with Crippen LogP contribution in [-0.4, -0.2) is 64.5 Å². The fourth-order valence-corrected chi connectivity index (χ4v) is 4.07. The first kappa shape index (κ1) is 26.0. The molecule has 2 atom stereocenters. The van der Waals surface area contributed by atoms with Crippen LogP contribution in [0.3, 0.4) is 0 Å². The van der Waals surface area contributed by atoms with Crippen LogP contribution in [0, 0.1) is 0 Å². The number of amides is 2. The van der Waals surface area contributed by atoms with Crippen molar-refractivity contribution >= 4 is 31.3 Å². The fourth-order valence-electron chi connectivity index (χ4n) is 1.92. The Bertz CT molecular complexity index is 610. The fraction of sp³-hybridized carbons (Fsp3) is 0.733. The molecule has 0 aliphatic rings. The largest absolute Gasteiger partial charge is 0.480 e. The maximum Gasteiger partial charge on any atom is 0.362 e. The van der Waals surface area contributed by atoms with E-state index in [1.807, 2.05) is 5.32 Å². The second-order valence-corrected chi connectivity index (χ2v) is 8.43. The molecule has 2 amide bonds. The van der Waals surface area contributed by atoms with Gasteiger partial charge in [0.05, 0.1) is 12.2 Å². The molecule has 162 valence electrons. The smallest absolute Gasteiger partial charge is 0.362 e. The molecule has 0 aromatic carbocycles. The summed E-state index contributed by atoms with van der Waals surface area (Å²) >= 11 is 0. The van der Waals surface area contributed by atoms with Crippen LogP contribution in [0.15, 0.2) is 0 Å². The Balaban J connectivity index is 5.55. The first-order chi connectivity index (χ1) is 12.8. The minimum Gasteiger partial charge on any atom is -0.480 e. The van der Waals surface area contributed by atoms with Crippen LogP contribution in [-0.2, 0) is 32.8 Å². The third-order valence-electron chi connectivity index (χ3n) is 2.99. The highest BCUT2D eigenvalue weighted by molar-refractivity contribution is 7.55. The number of rotatable bonds is 13. The standard InChI is InChI=1S/C15H28N3O9P/c1-8(2)26-28(25,27-9(3)4)14(13(22)17-7-12(20)21)18-11(19)6-5-10(16)15(23)24/h8-10,14H,5-7,16H2,1-4H3,(H,17,22)(H,18,19)(H,20,21)(H,23,24)/t10-,14-/m0/s1. The first-order valence-corrected chi connectivity index (χ1v) is 10.1. The highest BCUT2D eigenvalue weighted by Gasteiger charge is 2.44. The number of aliphatic carboxylic acids is 2. The minimum atomic E-state index is -4.26. The maximum atomic E-state index is 13.2. The minimum absolute atomic E-state index is 0.231. The highest BCUT2D eigenvalue weighted by Crippen LogP contribution is 2.54. The summed E-state index contributed by atoms with van der Waals surface area (Å²) in [5.74, 6) is -6.39. The zero-order valence-electron chi connectivity index (χ0n) is 16.2. The van der Waals surface area contributed by atoms with E-state index in [4.69, 9.17) is 25.0 Å². The van der Waals surface area contributed by atoms with Crippen LogP contribution in [0.2, 0.25) is 0 Å². The summed E-state index contributed by atoms with van der Waals surface area (Å²) in [7, 11) is -4.26. The lowest BCUT2D eigenvalue weighted by molar-refractivity contribution is -0.139. The van der Waals surface area contributed by atoms with E-state index < -0.39 is 61.9 Å². The van der Waals surface area contributed by atoms with Crippen LogP contribution in [0.5, 0.6) is 0 Å². The van der Waals surface area contributed by atoms with Crippen molar-refractivity contribution in [3.63, 3.8) is 0 Å². The van der Waals surface area contributed by atoms with E-state index in [2.05, 4.69) is 5.32 Å². The Kier molecular flexibility index (Phi) is 10.9. The van der Waals surface area contributed by atoms with Gasteiger partial charge in [0, 0.05) is 6.42 Å². The highest BCUT2D eigenvalue weighted by atomic mass is 31.2. The van der Waals surface area contributed by atoms with Crippen molar-refractivity contribution in [1.29, 1.82) is 0 Å². The van der Waals surface area contributed by atoms with E-state index in [1.165, 1.54) is 27.7 Å². The Labute approximate surface area is 162 Å². The van der Waals surface area contributed by atoms with Gasteiger partial charge in [-0.3, -0.25) is 23.7 Å².